The lowest BCUT2D eigenvalue weighted by molar-refractivity contribution is -0.383. The Labute approximate surface area is 115 Å². The van der Waals surface area contributed by atoms with Crippen LogP contribution < -0.4 is 5.32 Å². The summed E-state index contributed by atoms with van der Waals surface area (Å²) in [5, 5.41) is 21.4. The SMILES string of the molecule is CCN(CC)CCNc1ccc([N+](=O)[O-])c2nonc12. The van der Waals surface area contributed by atoms with Crippen molar-refractivity contribution in [2.75, 3.05) is 31.5 Å². The molecular weight excluding hydrogens is 262 g/mol. The predicted octanol–water partition coefficient (Wildman–Crippen LogP) is 1.88. The first-order valence-corrected chi connectivity index (χ1v) is 6.53. The van der Waals surface area contributed by atoms with Gasteiger partial charge in [-0.1, -0.05) is 13.8 Å². The Hall–Kier alpha value is -2.22. The summed E-state index contributed by atoms with van der Waals surface area (Å²) in [6.45, 7) is 7.79. The highest BCUT2D eigenvalue weighted by Crippen LogP contribution is 2.28. The minimum atomic E-state index is -0.494. The van der Waals surface area contributed by atoms with Crippen LogP contribution in [0.1, 0.15) is 13.8 Å². The number of anilines is 1. The molecule has 0 aliphatic carbocycles. The molecule has 0 aliphatic rings. The highest BCUT2D eigenvalue weighted by atomic mass is 16.6. The van der Waals surface area contributed by atoms with Crippen molar-refractivity contribution >= 4 is 22.4 Å². The fraction of sp³-hybridized carbons (Fsp3) is 0.500. The van der Waals surface area contributed by atoms with E-state index in [1.807, 2.05) is 0 Å². The minimum absolute atomic E-state index is 0.101. The van der Waals surface area contributed by atoms with Crippen LogP contribution in [0.5, 0.6) is 0 Å². The molecule has 0 fully saturated rings. The van der Waals surface area contributed by atoms with Crippen LogP contribution in [0.2, 0.25) is 0 Å². The lowest BCUT2D eigenvalue weighted by atomic mass is 10.2. The van der Waals surface area contributed by atoms with E-state index in [4.69, 9.17) is 0 Å². The molecule has 1 aromatic heterocycles. The molecule has 2 rings (SSSR count). The average Bonchev–Trinajstić information content (AvgIpc) is 2.92. The third-order valence-corrected chi connectivity index (χ3v) is 3.23. The van der Waals surface area contributed by atoms with Crippen LogP contribution >= 0.6 is 0 Å². The van der Waals surface area contributed by atoms with Crippen molar-refractivity contribution in [3.05, 3.63) is 22.2 Å². The Bertz CT molecular complexity index is 594. The molecule has 108 valence electrons. The summed E-state index contributed by atoms with van der Waals surface area (Å²) < 4.78 is 4.61. The van der Waals surface area contributed by atoms with Gasteiger partial charge in [0.1, 0.15) is 0 Å². The number of nitrogens with one attached hydrogen (secondary N) is 1. The van der Waals surface area contributed by atoms with Gasteiger partial charge in [0.15, 0.2) is 5.52 Å². The van der Waals surface area contributed by atoms with E-state index in [1.54, 1.807) is 6.07 Å². The number of hydrogen-bond acceptors (Lipinski definition) is 7. The summed E-state index contributed by atoms with van der Waals surface area (Å²) in [5.41, 5.74) is 1.15. The molecule has 0 saturated heterocycles. The molecule has 2 aromatic rings. The van der Waals surface area contributed by atoms with Crippen LogP contribution in [-0.4, -0.2) is 46.3 Å². The second kappa shape index (κ2) is 6.29. The molecule has 1 N–H and O–H groups in total. The molecule has 0 bridgehead atoms. The Morgan fingerprint density at radius 1 is 1.30 bits per heavy atom. The van der Waals surface area contributed by atoms with Gasteiger partial charge in [0.05, 0.1) is 10.6 Å². The Morgan fingerprint density at radius 3 is 2.65 bits per heavy atom. The van der Waals surface area contributed by atoms with E-state index < -0.39 is 4.92 Å². The van der Waals surface area contributed by atoms with E-state index in [-0.39, 0.29) is 11.2 Å². The number of non-ortho nitro benzene ring substituents is 1. The third kappa shape index (κ3) is 2.85. The van der Waals surface area contributed by atoms with E-state index in [2.05, 4.69) is 39.0 Å². The standard InChI is InChI=1S/C12H17N5O3/c1-3-16(4-2)8-7-13-9-5-6-10(17(18)19)12-11(9)14-20-15-12/h5-6,13H,3-4,7-8H2,1-2H3. The van der Waals surface area contributed by atoms with Crippen molar-refractivity contribution in [3.8, 4) is 0 Å². The number of benzene rings is 1. The van der Waals surface area contributed by atoms with Gasteiger partial charge in [-0.25, -0.2) is 4.63 Å². The number of hydrogen-bond donors (Lipinski definition) is 1. The molecule has 1 heterocycles. The molecular formula is C12H17N5O3. The minimum Gasteiger partial charge on any atom is -0.382 e. The van der Waals surface area contributed by atoms with Gasteiger partial charge >= 0.3 is 5.69 Å². The molecule has 0 saturated carbocycles. The molecule has 0 atom stereocenters. The summed E-state index contributed by atoms with van der Waals surface area (Å²) in [4.78, 5) is 12.7. The summed E-state index contributed by atoms with van der Waals surface area (Å²) in [5.74, 6) is 0. The van der Waals surface area contributed by atoms with E-state index in [0.29, 0.717) is 11.2 Å². The highest BCUT2D eigenvalue weighted by Gasteiger charge is 2.19. The molecule has 0 spiro atoms. The van der Waals surface area contributed by atoms with E-state index in [0.717, 1.165) is 26.2 Å². The van der Waals surface area contributed by atoms with Gasteiger partial charge in [-0.05, 0) is 29.5 Å². The van der Waals surface area contributed by atoms with Crippen LogP contribution in [0.3, 0.4) is 0 Å². The van der Waals surface area contributed by atoms with Gasteiger partial charge in [-0.15, -0.1) is 0 Å². The Morgan fingerprint density at radius 2 is 2.00 bits per heavy atom. The smallest absolute Gasteiger partial charge is 0.300 e. The summed E-state index contributed by atoms with van der Waals surface area (Å²) in [7, 11) is 0. The van der Waals surface area contributed by atoms with E-state index in [1.165, 1.54) is 6.07 Å². The van der Waals surface area contributed by atoms with Crippen molar-refractivity contribution in [1.82, 2.24) is 15.2 Å². The average molecular weight is 279 g/mol. The van der Waals surface area contributed by atoms with Crippen molar-refractivity contribution < 1.29 is 9.55 Å². The maximum atomic E-state index is 10.9. The highest BCUT2D eigenvalue weighted by molar-refractivity contribution is 5.93. The van der Waals surface area contributed by atoms with Crippen LogP contribution in [0.4, 0.5) is 11.4 Å². The van der Waals surface area contributed by atoms with Gasteiger partial charge in [-0.3, -0.25) is 10.1 Å². The van der Waals surface area contributed by atoms with Crippen molar-refractivity contribution in [2.45, 2.75) is 13.8 Å². The van der Waals surface area contributed by atoms with Crippen LogP contribution in [-0.2, 0) is 0 Å². The molecule has 20 heavy (non-hydrogen) atoms. The first-order valence-electron chi connectivity index (χ1n) is 6.53. The lowest BCUT2D eigenvalue weighted by Crippen LogP contribution is -2.28. The molecule has 8 heteroatoms. The lowest BCUT2D eigenvalue weighted by Gasteiger charge is -2.18. The quantitative estimate of drug-likeness (QED) is 0.610. The molecule has 1 aromatic carbocycles. The zero-order valence-corrected chi connectivity index (χ0v) is 11.5. The molecule has 0 amide bonds. The largest absolute Gasteiger partial charge is 0.382 e. The summed E-state index contributed by atoms with van der Waals surface area (Å²) >= 11 is 0. The normalized spacial score (nSPS) is 11.2. The van der Waals surface area contributed by atoms with Crippen LogP contribution in [0, 0.1) is 10.1 Å². The second-order valence-electron chi connectivity index (χ2n) is 4.30. The third-order valence-electron chi connectivity index (χ3n) is 3.23. The van der Waals surface area contributed by atoms with Gasteiger partial charge in [0.25, 0.3) is 0 Å². The number of fused-ring (bicyclic) bond motifs is 1. The second-order valence-corrected chi connectivity index (χ2v) is 4.30. The molecule has 0 unspecified atom stereocenters. The summed E-state index contributed by atoms with van der Waals surface area (Å²) in [6, 6.07) is 3.04. The van der Waals surface area contributed by atoms with Crippen LogP contribution in [0.25, 0.3) is 11.0 Å². The number of aromatic nitrogens is 2. The number of rotatable bonds is 7. The zero-order chi connectivity index (χ0) is 14.5. The van der Waals surface area contributed by atoms with E-state index in [9.17, 15) is 10.1 Å². The first kappa shape index (κ1) is 14.2. The van der Waals surface area contributed by atoms with Gasteiger partial charge in [-0.2, -0.15) is 0 Å². The van der Waals surface area contributed by atoms with Gasteiger partial charge in [0.2, 0.25) is 5.52 Å². The molecule has 8 nitrogen and oxygen atoms in total. The Balaban J connectivity index is 2.13. The maximum Gasteiger partial charge on any atom is 0.300 e. The van der Waals surface area contributed by atoms with Crippen LogP contribution in [0.15, 0.2) is 16.8 Å². The zero-order valence-electron chi connectivity index (χ0n) is 11.5. The predicted molar refractivity (Wildman–Crippen MR) is 74.7 cm³/mol. The van der Waals surface area contributed by atoms with E-state index >= 15 is 0 Å². The maximum absolute atomic E-state index is 10.9. The first-order chi connectivity index (χ1) is 9.67. The van der Waals surface area contributed by atoms with Crippen molar-refractivity contribution in [2.24, 2.45) is 0 Å². The number of nitro benzene ring substituents is 1. The topological polar surface area (TPSA) is 97.3 Å². The number of likely N-dealkylation sites (N-methyl/N-ethyl adjacent to an activating group) is 1. The Kier molecular flexibility index (Phi) is 4.46. The number of nitro groups is 1. The monoisotopic (exact) mass is 279 g/mol. The molecule has 0 aliphatic heterocycles. The fourth-order valence-corrected chi connectivity index (χ4v) is 2.03. The molecule has 0 radical (unpaired) electrons. The van der Waals surface area contributed by atoms with Crippen molar-refractivity contribution in [1.29, 1.82) is 0 Å². The van der Waals surface area contributed by atoms with Gasteiger partial charge in [0, 0.05) is 19.2 Å². The summed E-state index contributed by atoms with van der Waals surface area (Å²) in [6.07, 6.45) is 0. The van der Waals surface area contributed by atoms with Gasteiger partial charge < -0.3 is 10.2 Å². The number of nitrogens with zero attached hydrogens (tertiary/aromatic N) is 4. The fourth-order valence-electron chi connectivity index (χ4n) is 2.03. The van der Waals surface area contributed by atoms with Crippen molar-refractivity contribution in [3.63, 3.8) is 0 Å².